The molecule has 2 heterocycles. The molecule has 0 fully saturated rings. The number of aliphatic carboxylic acids is 1. The Kier molecular flexibility index (Phi) is 11.6. The fraction of sp³-hybridized carbons (Fsp3) is 0.462. The van der Waals surface area contributed by atoms with Crippen molar-refractivity contribution in [2.45, 2.75) is 71.4 Å². The molecule has 0 saturated carbocycles. The van der Waals surface area contributed by atoms with E-state index in [1.54, 1.807) is 18.2 Å². The average Bonchev–Trinajstić information content (AvgIpc) is 3.44. The van der Waals surface area contributed by atoms with E-state index in [2.05, 4.69) is 10.3 Å². The molecule has 3 rings (SSSR count). The monoisotopic (exact) mass is 562 g/mol. The fourth-order valence-corrected chi connectivity index (χ4v) is 4.28. The van der Waals surface area contributed by atoms with E-state index in [9.17, 15) is 27.9 Å². The third-order valence-corrected chi connectivity index (χ3v) is 6.27. The van der Waals surface area contributed by atoms with Crippen LogP contribution in [0.25, 0.3) is 11.5 Å². The van der Waals surface area contributed by atoms with Gasteiger partial charge in [0, 0.05) is 42.2 Å². The van der Waals surface area contributed by atoms with Gasteiger partial charge in [-0.25, -0.2) is 0 Å². The van der Waals surface area contributed by atoms with E-state index in [-0.39, 0.29) is 48.1 Å². The number of Topliss-reactive ketones (excluding diaryl/α,β-unsaturated/α-hetero) is 1. The van der Waals surface area contributed by atoms with Crippen LogP contribution in [0, 0.1) is 12.8 Å². The zero-order chi connectivity index (χ0) is 27.3. The Bertz CT molecular complexity index is 1260. The Labute approximate surface area is 245 Å². The Hall–Kier alpha value is -2.14. The van der Waals surface area contributed by atoms with E-state index >= 15 is 0 Å². The molecule has 0 unspecified atom stereocenters. The number of hydrogen-bond acceptors (Lipinski definition) is 7. The summed E-state index contributed by atoms with van der Waals surface area (Å²) in [6.45, 7) is 5.83. The number of rotatable bonds is 12. The number of hydrogen-bond donors (Lipinski definition) is 0. The number of aryl methyl sites for hydroxylation is 2. The van der Waals surface area contributed by atoms with Crippen LogP contribution < -0.4 is 34.7 Å². The van der Waals surface area contributed by atoms with Crippen LogP contribution >= 0.6 is 11.6 Å². The largest absolute Gasteiger partial charge is 1.00 e. The second-order valence-corrected chi connectivity index (χ2v) is 9.91. The molecule has 3 aromatic rings. The first-order valence-electron chi connectivity index (χ1n) is 11.8. The number of halogens is 4. The van der Waals surface area contributed by atoms with Crippen LogP contribution in [0.2, 0.25) is 5.02 Å². The standard InChI is InChI=1S/C26H28ClF3N2O5.Na/c1-14(2)4-8-19-13-21(31-36-19)25-23(26(28,29)30)24(32-37-25)17(7-9-22(34)35)12-18(33)11-16-6-5-15(3)10-20(16)27;/h5-6,10,13-14,17H,4,7-9,11-12H2,1-3H3,(H,34,35);/q;+1/p-1/t17-;/m0./s1. The summed E-state index contributed by atoms with van der Waals surface area (Å²) >= 11 is 6.20. The zero-order valence-electron chi connectivity index (χ0n) is 21.7. The van der Waals surface area contributed by atoms with Crippen molar-refractivity contribution in [1.82, 2.24) is 10.3 Å². The minimum atomic E-state index is -4.91. The summed E-state index contributed by atoms with van der Waals surface area (Å²) in [4.78, 5) is 24.0. The Morgan fingerprint density at radius 3 is 2.42 bits per heavy atom. The molecular weight excluding hydrogens is 536 g/mol. The van der Waals surface area contributed by atoms with Crippen molar-refractivity contribution in [1.29, 1.82) is 0 Å². The number of ketones is 1. The molecule has 0 bridgehead atoms. The Morgan fingerprint density at radius 2 is 1.82 bits per heavy atom. The molecule has 200 valence electrons. The van der Waals surface area contributed by atoms with Gasteiger partial charge in [-0.3, -0.25) is 4.79 Å². The third kappa shape index (κ3) is 8.69. The number of carboxylic acids is 1. The molecule has 1 aromatic carbocycles. The van der Waals surface area contributed by atoms with Crippen molar-refractivity contribution in [3.63, 3.8) is 0 Å². The van der Waals surface area contributed by atoms with Gasteiger partial charge in [0.15, 0.2) is 5.69 Å². The van der Waals surface area contributed by atoms with E-state index in [0.717, 1.165) is 12.0 Å². The molecule has 0 aliphatic carbocycles. The Morgan fingerprint density at radius 1 is 1.11 bits per heavy atom. The molecule has 0 radical (unpaired) electrons. The summed E-state index contributed by atoms with van der Waals surface area (Å²) in [6, 6.07) is 6.48. The van der Waals surface area contributed by atoms with Crippen LogP contribution in [-0.2, 0) is 28.6 Å². The zero-order valence-corrected chi connectivity index (χ0v) is 24.4. The van der Waals surface area contributed by atoms with Gasteiger partial charge in [0.25, 0.3) is 0 Å². The van der Waals surface area contributed by atoms with Crippen molar-refractivity contribution in [3.8, 4) is 11.5 Å². The summed E-state index contributed by atoms with van der Waals surface area (Å²) in [6.07, 6.45) is -5.07. The summed E-state index contributed by atoms with van der Waals surface area (Å²) in [5.41, 5.74) is -0.539. The third-order valence-electron chi connectivity index (χ3n) is 5.92. The SMILES string of the molecule is Cc1ccc(CC(=O)C[C@H](CCC(=O)[O-])c2noc(-c3cc(CCC(C)C)on3)c2C(F)(F)F)c(Cl)c1.[Na+]. The van der Waals surface area contributed by atoms with Crippen LogP contribution in [0.15, 0.2) is 33.3 Å². The smallest absolute Gasteiger partial charge is 0.550 e. The number of carbonyl (C=O) groups is 2. The molecule has 1 atom stereocenters. The second kappa shape index (κ2) is 13.8. The maximum Gasteiger partial charge on any atom is 1.00 e. The van der Waals surface area contributed by atoms with Gasteiger partial charge in [0.1, 0.15) is 22.8 Å². The summed E-state index contributed by atoms with van der Waals surface area (Å²) in [5, 5.41) is 18.8. The van der Waals surface area contributed by atoms with Crippen molar-refractivity contribution in [2.24, 2.45) is 5.92 Å². The fourth-order valence-electron chi connectivity index (χ4n) is 3.98. The molecule has 0 aliphatic rings. The molecule has 0 amide bonds. The predicted molar refractivity (Wildman–Crippen MR) is 127 cm³/mol. The van der Waals surface area contributed by atoms with E-state index in [0.29, 0.717) is 28.7 Å². The first kappa shape index (κ1) is 32.1. The molecule has 0 spiro atoms. The normalized spacial score (nSPS) is 12.4. The van der Waals surface area contributed by atoms with Crippen molar-refractivity contribution >= 4 is 23.4 Å². The summed E-state index contributed by atoms with van der Waals surface area (Å²) < 4.78 is 53.0. The summed E-state index contributed by atoms with van der Waals surface area (Å²) in [5.74, 6) is -2.96. The number of nitrogens with zero attached hydrogens (tertiary/aromatic N) is 2. The maximum absolute atomic E-state index is 14.2. The predicted octanol–water partition coefficient (Wildman–Crippen LogP) is 2.72. The average molecular weight is 563 g/mol. The van der Waals surface area contributed by atoms with Gasteiger partial charge in [-0.1, -0.05) is 47.9 Å². The molecule has 7 nitrogen and oxygen atoms in total. The van der Waals surface area contributed by atoms with Gasteiger partial charge in [-0.05, 0) is 49.3 Å². The molecular formula is C26H27ClF3N2NaO5. The van der Waals surface area contributed by atoms with Gasteiger partial charge in [-0.2, -0.15) is 13.2 Å². The molecule has 12 heteroatoms. The number of alkyl halides is 3. The van der Waals surface area contributed by atoms with E-state index in [1.807, 2.05) is 20.8 Å². The molecule has 0 aliphatic heterocycles. The van der Waals surface area contributed by atoms with E-state index < -0.39 is 53.7 Å². The van der Waals surface area contributed by atoms with Gasteiger partial charge in [-0.15, -0.1) is 0 Å². The number of aromatic nitrogens is 2. The van der Waals surface area contributed by atoms with E-state index in [1.165, 1.54) is 6.07 Å². The summed E-state index contributed by atoms with van der Waals surface area (Å²) in [7, 11) is 0. The first-order chi connectivity index (χ1) is 17.3. The maximum atomic E-state index is 14.2. The van der Waals surface area contributed by atoms with Crippen LogP contribution in [-0.4, -0.2) is 22.1 Å². The quantitative estimate of drug-likeness (QED) is 0.312. The van der Waals surface area contributed by atoms with Gasteiger partial charge in [0.05, 0.1) is 0 Å². The molecule has 0 N–H and O–H groups in total. The number of carboxylic acid groups (broad SMARTS) is 1. The van der Waals surface area contributed by atoms with Crippen LogP contribution in [0.1, 0.15) is 73.6 Å². The minimum absolute atomic E-state index is 0. The first-order valence-corrected chi connectivity index (χ1v) is 12.2. The topological polar surface area (TPSA) is 109 Å². The van der Waals surface area contributed by atoms with Gasteiger partial charge >= 0.3 is 35.7 Å². The Balaban J connectivity index is 0.00000507. The van der Waals surface area contributed by atoms with Gasteiger partial charge < -0.3 is 18.9 Å². The molecule has 0 saturated heterocycles. The molecule has 2 aromatic heterocycles. The number of benzene rings is 1. The van der Waals surface area contributed by atoms with Crippen molar-refractivity contribution < 1.29 is 66.5 Å². The minimum Gasteiger partial charge on any atom is -0.550 e. The second-order valence-electron chi connectivity index (χ2n) is 9.50. The van der Waals surface area contributed by atoms with Crippen molar-refractivity contribution in [2.75, 3.05) is 0 Å². The molecule has 38 heavy (non-hydrogen) atoms. The number of carbonyl (C=O) groups excluding carboxylic acids is 2. The van der Waals surface area contributed by atoms with Crippen LogP contribution in [0.3, 0.4) is 0 Å². The van der Waals surface area contributed by atoms with Crippen LogP contribution in [0.4, 0.5) is 13.2 Å². The van der Waals surface area contributed by atoms with Crippen LogP contribution in [0.5, 0.6) is 0 Å². The van der Waals surface area contributed by atoms with E-state index in [4.69, 9.17) is 20.6 Å². The van der Waals surface area contributed by atoms with Gasteiger partial charge in [0.2, 0.25) is 5.76 Å². The van der Waals surface area contributed by atoms with Crippen molar-refractivity contribution in [3.05, 3.63) is 57.4 Å².